The second-order valence-corrected chi connectivity index (χ2v) is 12.9. The van der Waals surface area contributed by atoms with Gasteiger partial charge in [0.15, 0.2) is 11.5 Å². The molecule has 10 nitrogen and oxygen atoms in total. The fourth-order valence-electron chi connectivity index (χ4n) is 6.54. The van der Waals surface area contributed by atoms with Crippen LogP contribution in [0.15, 0.2) is 41.3 Å². The van der Waals surface area contributed by atoms with Crippen LogP contribution in [0.2, 0.25) is 0 Å². The predicted octanol–water partition coefficient (Wildman–Crippen LogP) is 5.16. The first-order chi connectivity index (χ1) is 21.8. The molecule has 0 radical (unpaired) electrons. The molecule has 0 amide bonds. The Bertz CT molecular complexity index is 1920. The molecule has 0 saturated carbocycles. The lowest BCUT2D eigenvalue weighted by molar-refractivity contribution is -0.148. The van der Waals surface area contributed by atoms with Crippen LogP contribution in [-0.2, 0) is 4.79 Å². The number of nitrogens with zero attached hydrogens (tertiary/aromatic N) is 5. The van der Waals surface area contributed by atoms with Gasteiger partial charge in [0, 0.05) is 37.8 Å². The number of benzene rings is 1. The molecule has 12 heteroatoms. The molecule has 1 atom stereocenters. The van der Waals surface area contributed by atoms with E-state index in [1.54, 1.807) is 26.1 Å². The van der Waals surface area contributed by atoms with E-state index in [9.17, 15) is 14.7 Å². The number of rotatable bonds is 7. The van der Waals surface area contributed by atoms with E-state index in [4.69, 9.17) is 14.5 Å². The molecule has 46 heavy (non-hydrogen) atoms. The van der Waals surface area contributed by atoms with Crippen molar-refractivity contribution in [2.75, 3.05) is 44.8 Å². The van der Waals surface area contributed by atoms with Gasteiger partial charge in [0.2, 0.25) is 5.75 Å². The van der Waals surface area contributed by atoms with E-state index in [0.29, 0.717) is 48.6 Å². The Kier molecular flexibility index (Phi) is 7.95. The summed E-state index contributed by atoms with van der Waals surface area (Å²) in [5, 5.41) is 10.0. The summed E-state index contributed by atoms with van der Waals surface area (Å²) in [7, 11) is 1.37. The topological polar surface area (TPSA) is 110 Å². The van der Waals surface area contributed by atoms with Crippen LogP contribution in [0.25, 0.3) is 28.0 Å². The summed E-state index contributed by atoms with van der Waals surface area (Å²) in [6.45, 7) is 11.1. The van der Waals surface area contributed by atoms with Crippen molar-refractivity contribution in [3.8, 4) is 28.4 Å². The minimum Gasteiger partial charge on any atom is -0.496 e. The second-order valence-electron chi connectivity index (χ2n) is 12.9. The lowest BCUT2D eigenvalue weighted by atomic mass is 9.92. The number of fused-ring (bicyclic) bond motifs is 5. The normalized spacial score (nSPS) is 16.7. The lowest BCUT2D eigenvalue weighted by Crippen LogP contribution is -2.59. The van der Waals surface area contributed by atoms with Crippen LogP contribution in [0.4, 0.5) is 14.5 Å². The van der Waals surface area contributed by atoms with E-state index in [2.05, 4.69) is 9.88 Å². The van der Waals surface area contributed by atoms with Crippen molar-refractivity contribution in [3.05, 3.63) is 69.8 Å². The van der Waals surface area contributed by atoms with Gasteiger partial charge in [0.1, 0.15) is 23.9 Å². The molecule has 0 bridgehead atoms. The van der Waals surface area contributed by atoms with Crippen molar-refractivity contribution in [1.29, 1.82) is 0 Å². The molecular formula is C34H37F2N5O5. The fraction of sp³-hybridized carbons (Fsp3) is 0.412. The van der Waals surface area contributed by atoms with Gasteiger partial charge in [-0.05, 0) is 56.5 Å². The zero-order chi connectivity index (χ0) is 33.1. The number of methoxy groups -OCH3 is 1. The van der Waals surface area contributed by atoms with Crippen molar-refractivity contribution in [2.24, 2.45) is 5.41 Å². The second kappa shape index (κ2) is 11.7. The number of aromatic nitrogens is 3. The van der Waals surface area contributed by atoms with E-state index in [1.807, 2.05) is 25.7 Å². The van der Waals surface area contributed by atoms with Gasteiger partial charge in [-0.25, -0.2) is 13.8 Å². The van der Waals surface area contributed by atoms with E-state index in [0.717, 1.165) is 5.56 Å². The molecule has 6 rings (SSSR count). The Morgan fingerprint density at radius 1 is 1.17 bits per heavy atom. The van der Waals surface area contributed by atoms with E-state index in [-0.39, 0.29) is 47.0 Å². The van der Waals surface area contributed by atoms with Crippen LogP contribution < -0.4 is 19.9 Å². The van der Waals surface area contributed by atoms with Gasteiger partial charge in [-0.15, -0.1) is 0 Å². The number of aliphatic carboxylic acids is 1. The Labute approximate surface area is 265 Å². The summed E-state index contributed by atoms with van der Waals surface area (Å²) in [5.74, 6) is -2.31. The standard InChI is InChI=1S/C34H37F2N5O5/c1-18(2)26-28(19(3)10-11-37-26)41-31-21(14-23(36)27(38-31)25-22(35)8-7-9-24(25)45-6)29-30(32(41)42)46-16-20-15-39(12-13-40(20)29)17-34(4,5)33(43)44/h7-11,14,18,20H,12-13,15-17H2,1-6H3,(H,43,44)/t20-/m0/s1. The van der Waals surface area contributed by atoms with Gasteiger partial charge in [-0.3, -0.25) is 24.0 Å². The zero-order valence-electron chi connectivity index (χ0n) is 26.7. The monoisotopic (exact) mass is 633 g/mol. The summed E-state index contributed by atoms with van der Waals surface area (Å²) in [5.41, 5.74) is 0.547. The number of aryl methyl sites for hydroxylation is 1. The minimum absolute atomic E-state index is 0.0680. The van der Waals surface area contributed by atoms with Crippen molar-refractivity contribution >= 4 is 22.7 Å². The molecule has 1 aromatic carbocycles. The highest BCUT2D eigenvalue weighted by molar-refractivity contribution is 5.96. The summed E-state index contributed by atoms with van der Waals surface area (Å²) in [4.78, 5) is 39.8. The molecule has 242 valence electrons. The quantitative estimate of drug-likeness (QED) is 0.295. The minimum atomic E-state index is -0.955. The highest BCUT2D eigenvalue weighted by Gasteiger charge is 2.40. The van der Waals surface area contributed by atoms with Crippen LogP contribution in [-0.4, -0.2) is 76.4 Å². The number of carboxylic acids is 1. The van der Waals surface area contributed by atoms with Gasteiger partial charge in [0.25, 0.3) is 0 Å². The van der Waals surface area contributed by atoms with Crippen molar-refractivity contribution in [1.82, 2.24) is 19.4 Å². The number of anilines is 1. The van der Waals surface area contributed by atoms with Crippen LogP contribution in [0, 0.1) is 24.0 Å². The Morgan fingerprint density at radius 3 is 2.63 bits per heavy atom. The number of carbonyl (C=O) groups is 1. The summed E-state index contributed by atoms with van der Waals surface area (Å²) < 4.78 is 44.5. The average Bonchev–Trinajstić information content (AvgIpc) is 3.01. The van der Waals surface area contributed by atoms with E-state index < -0.39 is 28.6 Å². The van der Waals surface area contributed by atoms with E-state index >= 15 is 8.78 Å². The molecule has 0 unspecified atom stereocenters. The van der Waals surface area contributed by atoms with Crippen LogP contribution in [0.1, 0.15) is 44.9 Å². The smallest absolute Gasteiger partial charge is 0.310 e. The zero-order valence-corrected chi connectivity index (χ0v) is 26.7. The first kappa shape index (κ1) is 31.4. The molecule has 5 heterocycles. The largest absolute Gasteiger partial charge is 0.496 e. The molecule has 0 spiro atoms. The van der Waals surface area contributed by atoms with Gasteiger partial charge in [-0.1, -0.05) is 19.9 Å². The molecule has 1 fully saturated rings. The average molecular weight is 634 g/mol. The number of piperazine rings is 1. The molecule has 4 aromatic rings. The number of pyridine rings is 3. The van der Waals surface area contributed by atoms with Gasteiger partial charge in [-0.2, -0.15) is 0 Å². The molecular weight excluding hydrogens is 596 g/mol. The Hall–Kier alpha value is -4.58. The Balaban J connectivity index is 1.61. The maximum Gasteiger partial charge on any atom is 0.310 e. The van der Waals surface area contributed by atoms with Gasteiger partial charge < -0.3 is 19.5 Å². The molecule has 1 saturated heterocycles. The lowest BCUT2D eigenvalue weighted by Gasteiger charge is -2.46. The first-order valence-corrected chi connectivity index (χ1v) is 15.3. The number of hydrogen-bond acceptors (Lipinski definition) is 8. The van der Waals surface area contributed by atoms with Crippen molar-refractivity contribution in [3.63, 3.8) is 0 Å². The highest BCUT2D eigenvalue weighted by Crippen LogP contribution is 2.43. The number of halogens is 2. The van der Waals surface area contributed by atoms with Crippen molar-refractivity contribution in [2.45, 2.75) is 46.6 Å². The van der Waals surface area contributed by atoms with Gasteiger partial charge >= 0.3 is 11.5 Å². The summed E-state index contributed by atoms with van der Waals surface area (Å²) >= 11 is 0. The highest BCUT2D eigenvalue weighted by atomic mass is 19.1. The maximum absolute atomic E-state index is 16.2. The number of ether oxygens (including phenoxy) is 2. The van der Waals surface area contributed by atoms with Crippen LogP contribution >= 0.6 is 0 Å². The first-order valence-electron chi connectivity index (χ1n) is 15.3. The predicted molar refractivity (Wildman–Crippen MR) is 170 cm³/mol. The third-order valence-corrected chi connectivity index (χ3v) is 8.86. The maximum atomic E-state index is 16.2. The summed E-state index contributed by atoms with van der Waals surface area (Å²) in [6, 6.07) is 7.03. The van der Waals surface area contributed by atoms with Crippen LogP contribution in [0.5, 0.6) is 11.5 Å². The molecule has 2 aliphatic heterocycles. The molecule has 1 N–H and O–H groups in total. The van der Waals surface area contributed by atoms with E-state index in [1.165, 1.54) is 35.9 Å². The third kappa shape index (κ3) is 5.14. The Morgan fingerprint density at radius 2 is 1.93 bits per heavy atom. The SMILES string of the molecule is COc1cccc(F)c1-c1nc2c(cc1F)c1c(c(=O)n2-c2c(C)ccnc2C(C)C)OC[C@@H]2CN(CC(C)(C)C(=O)O)CCN12. The van der Waals surface area contributed by atoms with Crippen molar-refractivity contribution < 1.29 is 28.2 Å². The summed E-state index contributed by atoms with van der Waals surface area (Å²) in [6.07, 6.45) is 1.68. The number of hydrogen-bond donors (Lipinski definition) is 1. The molecule has 0 aliphatic carbocycles. The molecule has 3 aromatic heterocycles. The molecule has 2 aliphatic rings. The van der Waals surface area contributed by atoms with Crippen LogP contribution in [0.3, 0.4) is 0 Å². The fourth-order valence-corrected chi connectivity index (χ4v) is 6.54. The van der Waals surface area contributed by atoms with Gasteiger partial charge in [0.05, 0.1) is 41.2 Å². The number of carboxylic acid groups (broad SMARTS) is 1. The third-order valence-electron chi connectivity index (χ3n) is 8.86.